The van der Waals surface area contributed by atoms with E-state index in [-0.39, 0.29) is 29.5 Å². The second-order valence-electron chi connectivity index (χ2n) is 7.05. The number of hydrogen-bond donors (Lipinski definition) is 1. The monoisotopic (exact) mass is 296 g/mol. The Morgan fingerprint density at radius 3 is 2.81 bits per heavy atom. The lowest BCUT2D eigenvalue weighted by molar-refractivity contribution is -0.213. The highest BCUT2D eigenvalue weighted by atomic mass is 16.6. The molecule has 3 aliphatic rings. The molecule has 2 amide bonds. The van der Waals surface area contributed by atoms with Gasteiger partial charge in [-0.15, -0.1) is 0 Å². The van der Waals surface area contributed by atoms with E-state index in [4.69, 9.17) is 15.2 Å². The largest absolute Gasteiger partial charge is 0.461 e. The second-order valence-corrected chi connectivity index (χ2v) is 7.05. The first-order valence-electron chi connectivity index (χ1n) is 7.77. The molecule has 1 aliphatic carbocycles. The highest BCUT2D eigenvalue weighted by Crippen LogP contribution is 2.53. The predicted octanol–water partition coefficient (Wildman–Crippen LogP) is 1.13. The quantitative estimate of drug-likeness (QED) is 0.775. The van der Waals surface area contributed by atoms with Crippen LogP contribution in [0, 0.1) is 17.3 Å². The topological polar surface area (TPSA) is 81.9 Å². The van der Waals surface area contributed by atoms with Crippen LogP contribution in [-0.4, -0.2) is 48.8 Å². The predicted molar refractivity (Wildman–Crippen MR) is 75.4 cm³/mol. The molecule has 2 heterocycles. The smallest absolute Gasteiger partial charge is 0.314 e. The average molecular weight is 296 g/mol. The molecule has 3 fully saturated rings. The van der Waals surface area contributed by atoms with Gasteiger partial charge in [0.05, 0.1) is 12.0 Å². The molecule has 0 aromatic heterocycles. The van der Waals surface area contributed by atoms with E-state index in [1.165, 1.54) is 4.90 Å². The fourth-order valence-corrected chi connectivity index (χ4v) is 4.11. The Bertz CT molecular complexity index is 451. The first-order chi connectivity index (χ1) is 9.91. The van der Waals surface area contributed by atoms with Crippen LogP contribution >= 0.6 is 0 Å². The zero-order valence-electron chi connectivity index (χ0n) is 12.7. The highest BCUT2D eigenvalue weighted by molar-refractivity contribution is 5.76. The van der Waals surface area contributed by atoms with E-state index in [0.717, 1.165) is 25.9 Å². The molecular weight excluding hydrogens is 272 g/mol. The third-order valence-electron chi connectivity index (χ3n) is 5.30. The first-order valence-corrected chi connectivity index (χ1v) is 7.77. The fraction of sp³-hybridized carbons (Fsp3) is 0.867. The summed E-state index contributed by atoms with van der Waals surface area (Å²) in [6.45, 7) is 5.95. The third-order valence-corrected chi connectivity index (χ3v) is 5.30. The molecule has 0 aromatic carbocycles. The van der Waals surface area contributed by atoms with E-state index in [9.17, 15) is 9.59 Å². The van der Waals surface area contributed by atoms with Crippen LogP contribution in [0.15, 0.2) is 0 Å². The first kappa shape index (κ1) is 14.6. The Hall–Kier alpha value is -1.30. The van der Waals surface area contributed by atoms with Crippen molar-refractivity contribution in [3.63, 3.8) is 0 Å². The van der Waals surface area contributed by atoms with Gasteiger partial charge in [-0.05, 0) is 19.3 Å². The minimum atomic E-state index is -0.458. The number of nitrogens with two attached hydrogens (primary N) is 1. The van der Waals surface area contributed by atoms with Gasteiger partial charge >= 0.3 is 12.0 Å². The van der Waals surface area contributed by atoms with Crippen LogP contribution < -0.4 is 5.73 Å². The van der Waals surface area contributed by atoms with Crippen molar-refractivity contribution in [3.05, 3.63) is 0 Å². The lowest BCUT2D eigenvalue weighted by atomic mass is 9.59. The maximum absolute atomic E-state index is 12.4. The van der Waals surface area contributed by atoms with Gasteiger partial charge in [0.2, 0.25) is 0 Å². The number of nitrogens with zero attached hydrogens (tertiary/aromatic N) is 1. The Morgan fingerprint density at radius 1 is 1.33 bits per heavy atom. The van der Waals surface area contributed by atoms with Gasteiger partial charge < -0.3 is 20.1 Å². The van der Waals surface area contributed by atoms with Gasteiger partial charge in [-0.2, -0.15) is 0 Å². The van der Waals surface area contributed by atoms with Crippen molar-refractivity contribution in [2.24, 2.45) is 23.0 Å². The summed E-state index contributed by atoms with van der Waals surface area (Å²) in [5.41, 5.74) is 5.18. The summed E-state index contributed by atoms with van der Waals surface area (Å²) in [6, 6.07) is -0.458. The summed E-state index contributed by atoms with van der Waals surface area (Å²) in [7, 11) is 0. The molecular formula is C15H24N2O4. The third kappa shape index (κ3) is 2.39. The van der Waals surface area contributed by atoms with Crippen molar-refractivity contribution in [3.8, 4) is 0 Å². The number of piperidine rings is 1. The summed E-state index contributed by atoms with van der Waals surface area (Å²) in [5, 5.41) is 0. The molecule has 6 heteroatoms. The number of esters is 1. The normalized spacial score (nSPS) is 37.5. The van der Waals surface area contributed by atoms with E-state index in [1.54, 1.807) is 0 Å². The van der Waals surface area contributed by atoms with Crippen LogP contribution in [0.25, 0.3) is 0 Å². The molecule has 6 nitrogen and oxygen atoms in total. The number of rotatable bonds is 2. The van der Waals surface area contributed by atoms with Gasteiger partial charge in [0.25, 0.3) is 0 Å². The maximum Gasteiger partial charge on any atom is 0.314 e. The van der Waals surface area contributed by atoms with Crippen LogP contribution in [0.3, 0.4) is 0 Å². The molecule has 2 aliphatic heterocycles. The molecule has 3 rings (SSSR count). The summed E-state index contributed by atoms with van der Waals surface area (Å²) in [4.78, 5) is 25.2. The number of amides is 2. The average Bonchev–Trinajstić information content (AvgIpc) is 2.91. The summed E-state index contributed by atoms with van der Waals surface area (Å²) in [6.07, 6.45) is 2.67. The molecule has 2 saturated heterocycles. The highest BCUT2D eigenvalue weighted by Gasteiger charge is 2.61. The molecule has 0 bridgehead atoms. The van der Waals surface area contributed by atoms with Gasteiger partial charge in [0, 0.05) is 31.0 Å². The fourth-order valence-electron chi connectivity index (χ4n) is 4.11. The summed E-state index contributed by atoms with van der Waals surface area (Å²) < 4.78 is 11.5. The molecule has 0 unspecified atom stereocenters. The Kier molecular flexibility index (Phi) is 3.59. The number of primary amides is 1. The molecule has 2 N–H and O–H groups in total. The van der Waals surface area contributed by atoms with E-state index in [0.29, 0.717) is 19.0 Å². The number of likely N-dealkylation sites (tertiary alicyclic amines) is 1. The van der Waals surface area contributed by atoms with Crippen molar-refractivity contribution < 1.29 is 19.1 Å². The number of hydrogen-bond acceptors (Lipinski definition) is 4. The molecule has 1 saturated carbocycles. The van der Waals surface area contributed by atoms with Crippen molar-refractivity contribution in [2.45, 2.75) is 45.3 Å². The minimum Gasteiger partial charge on any atom is -0.461 e. The van der Waals surface area contributed by atoms with E-state index in [2.05, 4.69) is 13.8 Å². The molecule has 4 atom stereocenters. The Morgan fingerprint density at radius 2 is 2.10 bits per heavy atom. The lowest BCUT2D eigenvalue weighted by Gasteiger charge is -2.53. The zero-order chi connectivity index (χ0) is 15.2. The lowest BCUT2D eigenvalue weighted by Crippen LogP contribution is -2.62. The molecule has 0 spiro atoms. The maximum atomic E-state index is 12.4. The van der Waals surface area contributed by atoms with E-state index in [1.807, 2.05) is 0 Å². The van der Waals surface area contributed by atoms with E-state index < -0.39 is 6.03 Å². The Balaban J connectivity index is 1.60. The number of carbonyl (C=O) groups is 2. The van der Waals surface area contributed by atoms with Gasteiger partial charge in [0.1, 0.15) is 6.10 Å². The number of ether oxygens (including phenoxy) is 2. The number of urea groups is 1. The van der Waals surface area contributed by atoms with Crippen LogP contribution in [0.2, 0.25) is 0 Å². The standard InChI is InChI=1S/C15H24N2O4/c1-15(2)11-10(5-7-20-11)12(15)21-13(18)9-4-3-6-17(8-9)14(16)19/h9-12H,3-8H2,1-2H3,(H2,16,19)/t9-,10+,11-,12+/m1/s1. The van der Waals surface area contributed by atoms with Gasteiger partial charge in [-0.1, -0.05) is 13.8 Å². The molecule has 0 radical (unpaired) electrons. The van der Waals surface area contributed by atoms with Crippen LogP contribution in [-0.2, 0) is 14.3 Å². The van der Waals surface area contributed by atoms with Gasteiger partial charge in [-0.3, -0.25) is 4.79 Å². The summed E-state index contributed by atoms with van der Waals surface area (Å²) in [5.74, 6) is -0.104. The summed E-state index contributed by atoms with van der Waals surface area (Å²) >= 11 is 0. The molecule has 21 heavy (non-hydrogen) atoms. The van der Waals surface area contributed by atoms with E-state index >= 15 is 0 Å². The minimum absolute atomic E-state index is 0.0681. The second kappa shape index (κ2) is 5.16. The Labute approximate surface area is 124 Å². The SMILES string of the molecule is CC1(C)[C@@H]2OCC[C@@H]2[C@@H]1OC(=O)[C@@H]1CCCN(C(N)=O)C1. The van der Waals surface area contributed by atoms with Crippen molar-refractivity contribution in [2.75, 3.05) is 19.7 Å². The molecule has 118 valence electrons. The zero-order valence-corrected chi connectivity index (χ0v) is 12.7. The van der Waals surface area contributed by atoms with Gasteiger partial charge in [0.15, 0.2) is 0 Å². The van der Waals surface area contributed by atoms with Crippen molar-refractivity contribution in [1.29, 1.82) is 0 Å². The van der Waals surface area contributed by atoms with Crippen LogP contribution in [0.5, 0.6) is 0 Å². The van der Waals surface area contributed by atoms with Crippen LogP contribution in [0.4, 0.5) is 4.79 Å². The number of fused-ring (bicyclic) bond motifs is 1. The van der Waals surface area contributed by atoms with Crippen molar-refractivity contribution in [1.82, 2.24) is 4.90 Å². The van der Waals surface area contributed by atoms with Crippen LogP contribution in [0.1, 0.15) is 33.1 Å². The molecule has 0 aromatic rings. The van der Waals surface area contributed by atoms with Crippen molar-refractivity contribution >= 4 is 12.0 Å². The number of carbonyl (C=O) groups excluding carboxylic acids is 2. The van der Waals surface area contributed by atoms with Gasteiger partial charge in [-0.25, -0.2) is 4.79 Å².